The van der Waals surface area contributed by atoms with Crippen molar-refractivity contribution in [2.75, 3.05) is 5.73 Å². The van der Waals surface area contributed by atoms with Crippen LogP contribution in [0.5, 0.6) is 0 Å². The van der Waals surface area contributed by atoms with Crippen LogP contribution in [0.25, 0.3) is 11.3 Å². The van der Waals surface area contributed by atoms with Crippen molar-refractivity contribution in [3.63, 3.8) is 0 Å². The van der Waals surface area contributed by atoms with Gasteiger partial charge in [-0.05, 0) is 18.2 Å². The van der Waals surface area contributed by atoms with Crippen molar-refractivity contribution in [3.8, 4) is 11.3 Å². The first-order valence-electron chi connectivity index (χ1n) is 5.47. The molecule has 2 rings (SSSR count). The number of nitrogens with two attached hydrogens (primary N) is 1. The Bertz CT molecular complexity index is 669. The van der Waals surface area contributed by atoms with Crippen LogP contribution in [0.3, 0.4) is 0 Å². The summed E-state index contributed by atoms with van der Waals surface area (Å²) in [6, 6.07) is 7.29. The molecule has 2 aromatic rings. The number of hydrogen-bond acceptors (Lipinski definition) is 3. The minimum absolute atomic E-state index is 0.0930. The van der Waals surface area contributed by atoms with Gasteiger partial charge in [0.1, 0.15) is 0 Å². The maximum absolute atomic E-state index is 12.9. The van der Waals surface area contributed by atoms with Crippen LogP contribution in [-0.2, 0) is 6.18 Å². The van der Waals surface area contributed by atoms with E-state index in [0.717, 1.165) is 6.07 Å². The number of nitrogens with zero attached hydrogens (tertiary/aromatic N) is 1. The number of alkyl halides is 3. The number of carbonyl (C=O) groups is 1. The van der Waals surface area contributed by atoms with E-state index in [9.17, 15) is 18.0 Å². The fourth-order valence-corrected chi connectivity index (χ4v) is 1.74. The van der Waals surface area contributed by atoms with Gasteiger partial charge in [0.05, 0.1) is 16.9 Å². The normalized spacial score (nSPS) is 11.3. The van der Waals surface area contributed by atoms with Gasteiger partial charge in [-0.2, -0.15) is 13.2 Å². The molecular weight excluding hydrogens is 273 g/mol. The second kappa shape index (κ2) is 4.84. The van der Waals surface area contributed by atoms with Crippen LogP contribution < -0.4 is 5.73 Å². The molecule has 0 bridgehead atoms. The van der Waals surface area contributed by atoms with E-state index < -0.39 is 23.4 Å². The molecule has 0 radical (unpaired) electrons. The zero-order chi connectivity index (χ0) is 14.9. The lowest BCUT2D eigenvalue weighted by Crippen LogP contribution is -2.09. The average Bonchev–Trinajstić information content (AvgIpc) is 2.38. The highest BCUT2D eigenvalue weighted by Crippen LogP contribution is 2.36. The number of carboxylic acid groups (broad SMARTS) is 1. The van der Waals surface area contributed by atoms with Gasteiger partial charge in [-0.3, -0.25) is 0 Å². The maximum Gasteiger partial charge on any atom is 0.417 e. The van der Waals surface area contributed by atoms with E-state index in [1.54, 1.807) is 0 Å². The first kappa shape index (κ1) is 13.9. The number of rotatable bonds is 2. The monoisotopic (exact) mass is 282 g/mol. The lowest BCUT2D eigenvalue weighted by Gasteiger charge is -2.12. The molecule has 0 aliphatic heterocycles. The Balaban J connectivity index is 2.64. The highest BCUT2D eigenvalue weighted by atomic mass is 19.4. The fraction of sp³-hybridized carbons (Fsp3) is 0.0769. The molecule has 0 fully saturated rings. The second-order valence-electron chi connectivity index (χ2n) is 3.98. The Kier molecular flexibility index (Phi) is 3.35. The molecule has 1 aromatic heterocycles. The molecule has 4 nitrogen and oxygen atoms in total. The van der Waals surface area contributed by atoms with Crippen LogP contribution in [0, 0.1) is 0 Å². The summed E-state index contributed by atoms with van der Waals surface area (Å²) in [5.41, 5.74) is 3.68. The van der Waals surface area contributed by atoms with Crippen molar-refractivity contribution in [2.24, 2.45) is 0 Å². The zero-order valence-electron chi connectivity index (χ0n) is 9.98. The summed E-state index contributed by atoms with van der Waals surface area (Å²) in [7, 11) is 0. The Hall–Kier alpha value is -2.57. The molecule has 3 N–H and O–H groups in total. The lowest BCUT2D eigenvalue weighted by molar-refractivity contribution is -0.137. The summed E-state index contributed by atoms with van der Waals surface area (Å²) in [6.45, 7) is 0. The van der Waals surface area contributed by atoms with E-state index in [-0.39, 0.29) is 16.9 Å². The zero-order valence-corrected chi connectivity index (χ0v) is 9.98. The molecule has 7 heteroatoms. The number of pyridine rings is 1. The number of halogens is 3. The van der Waals surface area contributed by atoms with Crippen LogP contribution in [0.4, 0.5) is 18.9 Å². The molecule has 0 saturated carbocycles. The summed E-state index contributed by atoms with van der Waals surface area (Å²) in [4.78, 5) is 14.6. The first-order valence-corrected chi connectivity index (χ1v) is 5.47. The van der Waals surface area contributed by atoms with Gasteiger partial charge in [-0.15, -0.1) is 0 Å². The minimum Gasteiger partial charge on any atom is -0.476 e. The van der Waals surface area contributed by atoms with Crippen molar-refractivity contribution in [2.45, 2.75) is 6.18 Å². The number of anilines is 1. The quantitative estimate of drug-likeness (QED) is 0.887. The summed E-state index contributed by atoms with van der Waals surface area (Å²) < 4.78 is 38.7. The average molecular weight is 282 g/mol. The topological polar surface area (TPSA) is 76.2 Å². The largest absolute Gasteiger partial charge is 0.476 e. The van der Waals surface area contributed by atoms with E-state index >= 15 is 0 Å². The van der Waals surface area contributed by atoms with E-state index in [1.807, 2.05) is 0 Å². The number of aromatic nitrogens is 1. The predicted molar refractivity (Wildman–Crippen MR) is 66.0 cm³/mol. The molecule has 0 amide bonds. The molecule has 20 heavy (non-hydrogen) atoms. The standard InChI is InChI=1S/C13H9F3N2O2/c14-13(15,16)8-4-2-1-3-7(8)10-6-5-9(17)11(18-10)12(19)20/h1-6H,17H2,(H,19,20). The number of aromatic carboxylic acids is 1. The maximum atomic E-state index is 12.9. The number of benzene rings is 1. The molecule has 0 aliphatic carbocycles. The summed E-state index contributed by atoms with van der Waals surface area (Å²) in [5, 5.41) is 8.90. The Morgan fingerprint density at radius 1 is 1.15 bits per heavy atom. The van der Waals surface area contributed by atoms with E-state index in [0.29, 0.717) is 0 Å². The van der Waals surface area contributed by atoms with Gasteiger partial charge in [0.25, 0.3) is 0 Å². The smallest absolute Gasteiger partial charge is 0.417 e. The second-order valence-corrected chi connectivity index (χ2v) is 3.98. The van der Waals surface area contributed by atoms with Gasteiger partial charge in [-0.25, -0.2) is 9.78 Å². The third kappa shape index (κ3) is 2.56. The molecule has 104 valence electrons. The first-order chi connectivity index (χ1) is 9.30. The van der Waals surface area contributed by atoms with Crippen molar-refractivity contribution in [1.82, 2.24) is 4.98 Å². The molecule has 0 saturated heterocycles. The third-order valence-corrected chi connectivity index (χ3v) is 2.64. The third-order valence-electron chi connectivity index (χ3n) is 2.64. The van der Waals surface area contributed by atoms with E-state index in [4.69, 9.17) is 10.8 Å². The predicted octanol–water partition coefficient (Wildman–Crippen LogP) is 3.05. The Labute approximate surface area is 111 Å². The Morgan fingerprint density at radius 2 is 1.80 bits per heavy atom. The molecule has 1 aromatic carbocycles. The molecule has 1 heterocycles. The minimum atomic E-state index is -4.55. The van der Waals surface area contributed by atoms with Crippen LogP contribution >= 0.6 is 0 Å². The van der Waals surface area contributed by atoms with Gasteiger partial charge in [0.2, 0.25) is 0 Å². The number of carboxylic acids is 1. The number of nitrogen functional groups attached to an aromatic ring is 1. The van der Waals surface area contributed by atoms with E-state index in [2.05, 4.69) is 4.98 Å². The van der Waals surface area contributed by atoms with Gasteiger partial charge in [0.15, 0.2) is 5.69 Å². The fourth-order valence-electron chi connectivity index (χ4n) is 1.74. The van der Waals surface area contributed by atoms with Gasteiger partial charge < -0.3 is 10.8 Å². The SMILES string of the molecule is Nc1ccc(-c2ccccc2C(F)(F)F)nc1C(=O)O. The van der Waals surface area contributed by atoms with Gasteiger partial charge >= 0.3 is 12.1 Å². The Morgan fingerprint density at radius 3 is 2.40 bits per heavy atom. The summed E-state index contributed by atoms with van der Waals surface area (Å²) in [6.07, 6.45) is -4.55. The molecule has 0 unspecified atom stereocenters. The highest BCUT2D eigenvalue weighted by Gasteiger charge is 2.33. The molecule has 0 aliphatic rings. The molecule has 0 spiro atoms. The van der Waals surface area contributed by atoms with Crippen LogP contribution in [-0.4, -0.2) is 16.1 Å². The van der Waals surface area contributed by atoms with Crippen molar-refractivity contribution >= 4 is 11.7 Å². The van der Waals surface area contributed by atoms with Crippen molar-refractivity contribution in [3.05, 3.63) is 47.7 Å². The van der Waals surface area contributed by atoms with Crippen molar-refractivity contribution in [1.29, 1.82) is 0 Å². The van der Waals surface area contributed by atoms with Crippen molar-refractivity contribution < 1.29 is 23.1 Å². The van der Waals surface area contributed by atoms with Gasteiger partial charge in [0, 0.05) is 5.56 Å². The lowest BCUT2D eigenvalue weighted by atomic mass is 10.0. The van der Waals surface area contributed by atoms with Gasteiger partial charge in [-0.1, -0.05) is 18.2 Å². The molecular formula is C13H9F3N2O2. The van der Waals surface area contributed by atoms with E-state index in [1.165, 1.54) is 30.3 Å². The summed E-state index contributed by atoms with van der Waals surface area (Å²) >= 11 is 0. The summed E-state index contributed by atoms with van der Waals surface area (Å²) in [5.74, 6) is -1.39. The highest BCUT2D eigenvalue weighted by molar-refractivity contribution is 5.92. The molecule has 0 atom stereocenters. The van der Waals surface area contributed by atoms with Crippen LogP contribution in [0.2, 0.25) is 0 Å². The number of hydrogen-bond donors (Lipinski definition) is 2. The van der Waals surface area contributed by atoms with Crippen LogP contribution in [0.15, 0.2) is 36.4 Å². The van der Waals surface area contributed by atoms with Crippen LogP contribution in [0.1, 0.15) is 16.1 Å².